The number of nitrogens with zero attached hydrogens (tertiary/aromatic N) is 1. The fraction of sp³-hybridized carbons (Fsp3) is 0.188. The van der Waals surface area contributed by atoms with E-state index in [9.17, 15) is 9.59 Å². The Kier molecular flexibility index (Phi) is 5.75. The van der Waals surface area contributed by atoms with E-state index < -0.39 is 0 Å². The van der Waals surface area contributed by atoms with Gasteiger partial charge in [0, 0.05) is 17.1 Å². The molecule has 0 unspecified atom stereocenters. The molecule has 6 heteroatoms. The van der Waals surface area contributed by atoms with Crippen LogP contribution in [0.2, 0.25) is 0 Å². The first-order chi connectivity index (χ1) is 10.6. The molecule has 0 aliphatic carbocycles. The maximum absolute atomic E-state index is 12.3. The average Bonchev–Trinajstić information content (AvgIpc) is 2.99. The van der Waals surface area contributed by atoms with Gasteiger partial charge in [-0.05, 0) is 31.2 Å². The number of Topliss-reactive ketones (excluding diaryl/α,β-unsaturated/α-hetero) is 1. The topological polar surface area (TPSA) is 70.0 Å². The van der Waals surface area contributed by atoms with Crippen LogP contribution in [0.5, 0.6) is 0 Å². The van der Waals surface area contributed by atoms with Crippen molar-refractivity contribution in [3.8, 4) is 6.07 Å². The lowest BCUT2D eigenvalue weighted by molar-refractivity contribution is 0.101. The average molecular weight is 330 g/mol. The highest BCUT2D eigenvalue weighted by Crippen LogP contribution is 2.28. The highest BCUT2D eigenvalue weighted by Gasteiger charge is 2.13. The fourth-order valence-electron chi connectivity index (χ4n) is 1.74. The fourth-order valence-corrected chi connectivity index (χ4v) is 3.39. The molecule has 0 radical (unpaired) electrons. The number of nitrogens with one attached hydrogen (secondary N) is 1. The van der Waals surface area contributed by atoms with E-state index in [-0.39, 0.29) is 11.7 Å². The molecular formula is C16H14N2O2S2. The Morgan fingerprint density at radius 2 is 1.95 bits per heavy atom. The van der Waals surface area contributed by atoms with Crippen molar-refractivity contribution < 1.29 is 9.59 Å². The summed E-state index contributed by atoms with van der Waals surface area (Å²) in [4.78, 5) is 25.5. The molecule has 2 aromatic rings. The van der Waals surface area contributed by atoms with Crippen molar-refractivity contribution >= 4 is 40.5 Å². The zero-order valence-corrected chi connectivity index (χ0v) is 13.6. The SMILES string of the molecule is CC(=O)c1ccc(C(=O)Nc2ccccc2SCCC#N)s1. The van der Waals surface area contributed by atoms with Crippen molar-refractivity contribution in [3.63, 3.8) is 0 Å². The lowest BCUT2D eigenvalue weighted by atomic mass is 10.3. The molecule has 0 atom stereocenters. The maximum atomic E-state index is 12.3. The van der Waals surface area contributed by atoms with Crippen LogP contribution in [-0.4, -0.2) is 17.4 Å². The molecule has 0 saturated carbocycles. The summed E-state index contributed by atoms with van der Waals surface area (Å²) in [6.45, 7) is 1.48. The number of carbonyl (C=O) groups excluding carboxylic acids is 2. The molecule has 1 aromatic carbocycles. The highest BCUT2D eigenvalue weighted by atomic mass is 32.2. The molecule has 2 rings (SSSR count). The monoisotopic (exact) mass is 330 g/mol. The molecular weight excluding hydrogens is 316 g/mol. The van der Waals surface area contributed by atoms with Crippen LogP contribution in [0, 0.1) is 11.3 Å². The largest absolute Gasteiger partial charge is 0.320 e. The molecule has 1 N–H and O–H groups in total. The number of amides is 1. The molecule has 0 bridgehead atoms. The first kappa shape index (κ1) is 16.3. The number of hydrogen-bond acceptors (Lipinski definition) is 5. The zero-order chi connectivity index (χ0) is 15.9. The van der Waals surface area contributed by atoms with Crippen LogP contribution in [0.1, 0.15) is 32.7 Å². The summed E-state index contributed by atoms with van der Waals surface area (Å²) in [5.41, 5.74) is 0.716. The number of benzene rings is 1. The Labute approximate surface area is 137 Å². The summed E-state index contributed by atoms with van der Waals surface area (Å²) in [5, 5.41) is 11.5. The van der Waals surface area contributed by atoms with Gasteiger partial charge < -0.3 is 5.32 Å². The Bertz CT molecular complexity index is 732. The Morgan fingerprint density at radius 3 is 2.64 bits per heavy atom. The van der Waals surface area contributed by atoms with Gasteiger partial charge >= 0.3 is 0 Å². The Morgan fingerprint density at radius 1 is 1.23 bits per heavy atom. The number of rotatable bonds is 6. The zero-order valence-electron chi connectivity index (χ0n) is 12.0. The summed E-state index contributed by atoms with van der Waals surface area (Å²) in [6, 6.07) is 12.9. The third-order valence-electron chi connectivity index (χ3n) is 2.78. The Hall–Kier alpha value is -2.10. The van der Waals surface area contributed by atoms with Crippen LogP contribution in [0.3, 0.4) is 0 Å². The maximum Gasteiger partial charge on any atom is 0.265 e. The van der Waals surface area contributed by atoms with Gasteiger partial charge in [-0.1, -0.05) is 12.1 Å². The third kappa shape index (κ3) is 4.20. The summed E-state index contributed by atoms with van der Waals surface area (Å²) < 4.78 is 0. The predicted molar refractivity (Wildman–Crippen MR) is 89.7 cm³/mol. The molecule has 0 aliphatic heterocycles. The van der Waals surface area contributed by atoms with Crippen LogP contribution in [0.15, 0.2) is 41.3 Å². The lowest BCUT2D eigenvalue weighted by Gasteiger charge is -2.09. The first-order valence-electron chi connectivity index (χ1n) is 6.62. The normalized spacial score (nSPS) is 10.0. The summed E-state index contributed by atoms with van der Waals surface area (Å²) >= 11 is 2.72. The van der Waals surface area contributed by atoms with Gasteiger partial charge in [0.2, 0.25) is 0 Å². The van der Waals surface area contributed by atoms with Gasteiger partial charge in [0.15, 0.2) is 5.78 Å². The van der Waals surface area contributed by atoms with E-state index in [2.05, 4.69) is 11.4 Å². The van der Waals surface area contributed by atoms with E-state index in [1.807, 2.05) is 24.3 Å². The van der Waals surface area contributed by atoms with Gasteiger partial charge in [0.1, 0.15) is 0 Å². The van der Waals surface area contributed by atoms with Gasteiger partial charge in [0.25, 0.3) is 5.91 Å². The van der Waals surface area contributed by atoms with Crippen LogP contribution in [0.4, 0.5) is 5.69 Å². The van der Waals surface area contributed by atoms with Crippen molar-refractivity contribution in [2.24, 2.45) is 0 Å². The van der Waals surface area contributed by atoms with Crippen LogP contribution >= 0.6 is 23.1 Å². The van der Waals surface area contributed by atoms with Crippen molar-refractivity contribution in [3.05, 3.63) is 46.2 Å². The van der Waals surface area contributed by atoms with Crippen LogP contribution in [-0.2, 0) is 0 Å². The van der Waals surface area contributed by atoms with Crippen molar-refractivity contribution in [1.82, 2.24) is 0 Å². The van der Waals surface area contributed by atoms with E-state index in [1.54, 1.807) is 12.1 Å². The first-order valence-corrected chi connectivity index (χ1v) is 8.43. The number of carbonyl (C=O) groups is 2. The van der Waals surface area contributed by atoms with Crippen LogP contribution in [0.25, 0.3) is 0 Å². The molecule has 22 heavy (non-hydrogen) atoms. The number of nitriles is 1. The molecule has 1 heterocycles. The van der Waals surface area contributed by atoms with Gasteiger partial charge in [-0.25, -0.2) is 0 Å². The van der Waals surface area contributed by atoms with Crippen molar-refractivity contribution in [1.29, 1.82) is 5.26 Å². The molecule has 1 amide bonds. The second-order valence-corrected chi connectivity index (χ2v) is 6.65. The summed E-state index contributed by atoms with van der Waals surface area (Å²) in [6.07, 6.45) is 0.458. The number of hydrogen-bond donors (Lipinski definition) is 1. The smallest absolute Gasteiger partial charge is 0.265 e. The standard InChI is InChI=1S/C16H14N2O2S2/c1-11(19)13-7-8-15(22-13)16(20)18-12-5-2-3-6-14(12)21-10-4-9-17/h2-3,5-8H,4,10H2,1H3,(H,18,20). The summed E-state index contributed by atoms with van der Waals surface area (Å²) in [7, 11) is 0. The van der Waals surface area contributed by atoms with Crippen LogP contribution < -0.4 is 5.32 Å². The van der Waals surface area contributed by atoms with Gasteiger partial charge in [-0.15, -0.1) is 23.1 Å². The number of anilines is 1. The van der Waals surface area contributed by atoms with E-state index in [0.717, 1.165) is 4.90 Å². The van der Waals surface area contributed by atoms with Gasteiger partial charge in [-0.3, -0.25) is 9.59 Å². The highest BCUT2D eigenvalue weighted by molar-refractivity contribution is 7.99. The molecule has 112 valence electrons. The number of thioether (sulfide) groups is 1. The third-order valence-corrected chi connectivity index (χ3v) is 5.04. The number of ketones is 1. The van der Waals surface area contributed by atoms with Gasteiger partial charge in [-0.2, -0.15) is 5.26 Å². The molecule has 0 fully saturated rings. The molecule has 1 aromatic heterocycles. The predicted octanol–water partition coefficient (Wildman–Crippen LogP) is 4.21. The molecule has 0 aliphatic rings. The van der Waals surface area contributed by atoms with Gasteiger partial charge in [0.05, 0.1) is 21.5 Å². The second kappa shape index (κ2) is 7.78. The number of thiophene rings is 1. The van der Waals surface area contributed by atoms with Crippen molar-refractivity contribution in [2.75, 3.05) is 11.1 Å². The minimum atomic E-state index is -0.231. The minimum Gasteiger partial charge on any atom is -0.320 e. The quantitative estimate of drug-likeness (QED) is 0.489. The number of para-hydroxylation sites is 1. The van der Waals surface area contributed by atoms with E-state index in [0.29, 0.717) is 27.6 Å². The molecule has 0 saturated heterocycles. The lowest BCUT2D eigenvalue weighted by Crippen LogP contribution is -2.10. The van der Waals surface area contributed by atoms with E-state index in [1.165, 1.54) is 30.0 Å². The molecule has 4 nitrogen and oxygen atoms in total. The van der Waals surface area contributed by atoms with E-state index >= 15 is 0 Å². The van der Waals surface area contributed by atoms with Crippen molar-refractivity contribution in [2.45, 2.75) is 18.2 Å². The minimum absolute atomic E-state index is 0.0449. The second-order valence-electron chi connectivity index (χ2n) is 4.43. The molecule has 0 spiro atoms. The Balaban J connectivity index is 2.10. The summed E-state index contributed by atoms with van der Waals surface area (Å²) in [5.74, 6) is 0.402. The van der Waals surface area contributed by atoms with E-state index in [4.69, 9.17) is 5.26 Å².